The summed E-state index contributed by atoms with van der Waals surface area (Å²) in [4.78, 5) is 2.47. The molecule has 9 aromatic rings. The summed E-state index contributed by atoms with van der Waals surface area (Å²) < 4.78 is 5.15. The number of benzene rings is 7. The van der Waals surface area contributed by atoms with Crippen molar-refractivity contribution in [3.8, 4) is 11.1 Å². The maximum atomic E-state index is 2.48. The average Bonchev–Trinajstić information content (AvgIpc) is 3.72. The molecule has 0 unspecified atom stereocenters. The zero-order valence-electron chi connectivity index (χ0n) is 26.9. The molecule has 0 aliphatic heterocycles. The van der Waals surface area contributed by atoms with E-state index in [4.69, 9.17) is 0 Å². The molecule has 0 amide bonds. The van der Waals surface area contributed by atoms with Gasteiger partial charge in [-0.05, 0) is 95.4 Å². The summed E-state index contributed by atoms with van der Waals surface area (Å²) in [6.45, 7) is 0. The van der Waals surface area contributed by atoms with E-state index in [1.54, 1.807) is 0 Å². The highest BCUT2D eigenvalue weighted by Crippen LogP contribution is 2.46. The molecule has 0 spiro atoms. The van der Waals surface area contributed by atoms with Crippen LogP contribution in [0.5, 0.6) is 0 Å². The SMILES string of the molecule is C1=CCCC(n2c3ccccc3c3c(N(c4cccc(-c5ccccc5)c4)c4ccc5c(ccc6sc7ccccc7c65)c4)cccc32)=C1. The van der Waals surface area contributed by atoms with E-state index in [1.165, 1.54) is 75.3 Å². The van der Waals surface area contributed by atoms with E-state index in [9.17, 15) is 0 Å². The number of hydrogen-bond donors (Lipinski definition) is 0. The Morgan fingerprint density at radius 2 is 1.31 bits per heavy atom. The van der Waals surface area contributed by atoms with Gasteiger partial charge in [-0.15, -0.1) is 11.3 Å². The van der Waals surface area contributed by atoms with Crippen LogP contribution >= 0.6 is 11.3 Å². The van der Waals surface area contributed by atoms with E-state index in [1.807, 2.05) is 11.3 Å². The van der Waals surface area contributed by atoms with Crippen LogP contribution in [0.2, 0.25) is 0 Å². The monoisotopic (exact) mass is 644 g/mol. The number of nitrogens with zero attached hydrogens (tertiary/aromatic N) is 2. The Labute approximate surface area is 289 Å². The molecular weight excluding hydrogens is 613 g/mol. The third-order valence-electron chi connectivity index (χ3n) is 10.0. The minimum absolute atomic E-state index is 1.02. The average molecular weight is 645 g/mol. The highest BCUT2D eigenvalue weighted by atomic mass is 32.1. The van der Waals surface area contributed by atoms with Crippen molar-refractivity contribution in [2.75, 3.05) is 4.90 Å². The van der Waals surface area contributed by atoms with Crippen molar-refractivity contribution in [1.82, 2.24) is 4.57 Å². The molecule has 2 heterocycles. The van der Waals surface area contributed by atoms with Gasteiger partial charge in [0, 0.05) is 48.0 Å². The molecule has 2 nitrogen and oxygen atoms in total. The van der Waals surface area contributed by atoms with Gasteiger partial charge in [0.2, 0.25) is 0 Å². The molecule has 49 heavy (non-hydrogen) atoms. The maximum absolute atomic E-state index is 2.48. The quantitative estimate of drug-likeness (QED) is 0.181. The molecule has 0 fully saturated rings. The van der Waals surface area contributed by atoms with Gasteiger partial charge >= 0.3 is 0 Å². The molecule has 0 radical (unpaired) electrons. The Bertz CT molecular complexity index is 2780. The van der Waals surface area contributed by atoms with Crippen LogP contribution in [0.4, 0.5) is 17.1 Å². The Kier molecular flexibility index (Phi) is 6.53. The third kappa shape index (κ3) is 4.54. The topological polar surface area (TPSA) is 8.17 Å². The molecule has 0 bridgehead atoms. The second-order valence-corrected chi connectivity index (χ2v) is 13.9. The highest BCUT2D eigenvalue weighted by Gasteiger charge is 2.22. The van der Waals surface area contributed by atoms with Crippen LogP contribution in [-0.4, -0.2) is 4.57 Å². The van der Waals surface area contributed by atoms with Gasteiger partial charge in [0.1, 0.15) is 0 Å². The van der Waals surface area contributed by atoms with Gasteiger partial charge < -0.3 is 9.47 Å². The second kappa shape index (κ2) is 11.4. The number of para-hydroxylation sites is 1. The lowest BCUT2D eigenvalue weighted by Crippen LogP contribution is -2.10. The van der Waals surface area contributed by atoms with Gasteiger partial charge in [0.25, 0.3) is 0 Å². The van der Waals surface area contributed by atoms with Crippen molar-refractivity contribution in [1.29, 1.82) is 0 Å². The number of aromatic nitrogens is 1. The van der Waals surface area contributed by atoms with Crippen LogP contribution in [0, 0.1) is 0 Å². The number of thiophene rings is 1. The highest BCUT2D eigenvalue weighted by molar-refractivity contribution is 7.26. The molecule has 0 N–H and O–H groups in total. The summed E-state index contributed by atoms with van der Waals surface area (Å²) >= 11 is 1.88. The number of anilines is 3. The number of fused-ring (bicyclic) bond motifs is 8. The van der Waals surface area contributed by atoms with E-state index in [2.05, 4.69) is 179 Å². The Hall–Kier alpha value is -5.90. The first kappa shape index (κ1) is 28.1. The van der Waals surface area contributed by atoms with Gasteiger partial charge in [0.15, 0.2) is 0 Å². The summed E-state index contributed by atoms with van der Waals surface area (Å²) in [5, 5.41) is 7.74. The lowest BCUT2D eigenvalue weighted by atomic mass is 10.0. The predicted octanol–water partition coefficient (Wildman–Crippen LogP) is 13.6. The Balaban J connectivity index is 1.25. The van der Waals surface area contributed by atoms with Crippen LogP contribution in [0.1, 0.15) is 12.8 Å². The lowest BCUT2D eigenvalue weighted by molar-refractivity contribution is 0.979. The van der Waals surface area contributed by atoms with Crippen molar-refractivity contribution < 1.29 is 0 Å². The van der Waals surface area contributed by atoms with Crippen molar-refractivity contribution in [2.24, 2.45) is 0 Å². The molecule has 232 valence electrons. The van der Waals surface area contributed by atoms with E-state index >= 15 is 0 Å². The molecule has 2 aromatic heterocycles. The molecule has 7 aromatic carbocycles. The largest absolute Gasteiger partial charge is 0.313 e. The van der Waals surface area contributed by atoms with E-state index < -0.39 is 0 Å². The van der Waals surface area contributed by atoms with E-state index in [-0.39, 0.29) is 0 Å². The van der Waals surface area contributed by atoms with Crippen molar-refractivity contribution in [3.63, 3.8) is 0 Å². The number of allylic oxidation sites excluding steroid dienone is 4. The first-order chi connectivity index (χ1) is 24.3. The fourth-order valence-electron chi connectivity index (χ4n) is 7.83. The van der Waals surface area contributed by atoms with Gasteiger partial charge in [-0.25, -0.2) is 0 Å². The lowest BCUT2D eigenvalue weighted by Gasteiger charge is -2.27. The molecule has 1 aliphatic rings. The molecule has 3 heteroatoms. The Morgan fingerprint density at radius 3 is 2.20 bits per heavy atom. The van der Waals surface area contributed by atoms with Crippen molar-refractivity contribution >= 4 is 86.8 Å². The van der Waals surface area contributed by atoms with Gasteiger partial charge in [-0.3, -0.25) is 0 Å². The molecule has 10 rings (SSSR count). The molecule has 0 atom stereocenters. The minimum atomic E-state index is 1.02. The molecule has 0 saturated heterocycles. The summed E-state index contributed by atoms with van der Waals surface area (Å²) in [6, 6.07) is 55.8. The summed E-state index contributed by atoms with van der Waals surface area (Å²) in [6.07, 6.45) is 8.82. The number of hydrogen-bond acceptors (Lipinski definition) is 2. The fraction of sp³-hybridized carbons (Fsp3) is 0.0435. The fourth-order valence-corrected chi connectivity index (χ4v) is 8.96. The summed E-state index contributed by atoms with van der Waals surface area (Å²) in [7, 11) is 0. The smallest absolute Gasteiger partial charge is 0.0561 e. The molecule has 1 aliphatic carbocycles. The standard InChI is InChI=1S/C46H32N2S/c1-3-13-31(14-4-1)32-15-11-18-35(29-32)47(36-26-27-37-33(30-36)25-28-44-45(37)39-20-8-10-24-43(39)49-44)41-22-12-23-42-46(41)38-19-7-9-21-40(38)48(42)34-16-5-2-6-17-34/h1-5,7-16,18-30H,6,17H2. The summed E-state index contributed by atoms with van der Waals surface area (Å²) in [5.41, 5.74) is 9.66. The summed E-state index contributed by atoms with van der Waals surface area (Å²) in [5.74, 6) is 0. The van der Waals surface area contributed by atoms with Crippen LogP contribution in [0.15, 0.2) is 170 Å². The van der Waals surface area contributed by atoms with Crippen LogP contribution < -0.4 is 4.90 Å². The number of rotatable bonds is 5. The maximum Gasteiger partial charge on any atom is 0.0561 e. The predicted molar refractivity (Wildman–Crippen MR) is 213 cm³/mol. The van der Waals surface area contributed by atoms with E-state index in [0.717, 1.165) is 24.2 Å². The van der Waals surface area contributed by atoms with Crippen LogP contribution in [0.25, 0.3) is 69.6 Å². The first-order valence-electron chi connectivity index (χ1n) is 17.0. The third-order valence-corrected chi connectivity index (χ3v) is 11.1. The van der Waals surface area contributed by atoms with E-state index in [0.29, 0.717) is 0 Å². The zero-order valence-corrected chi connectivity index (χ0v) is 27.7. The zero-order chi connectivity index (χ0) is 32.3. The van der Waals surface area contributed by atoms with Gasteiger partial charge in [-0.1, -0.05) is 109 Å². The van der Waals surface area contributed by atoms with Crippen molar-refractivity contribution in [2.45, 2.75) is 12.8 Å². The first-order valence-corrected chi connectivity index (χ1v) is 17.8. The Morgan fingerprint density at radius 1 is 0.531 bits per heavy atom. The second-order valence-electron chi connectivity index (χ2n) is 12.8. The van der Waals surface area contributed by atoms with Crippen LogP contribution in [-0.2, 0) is 0 Å². The minimum Gasteiger partial charge on any atom is -0.313 e. The molecule has 0 saturated carbocycles. The van der Waals surface area contributed by atoms with Crippen LogP contribution in [0.3, 0.4) is 0 Å². The normalized spacial score (nSPS) is 13.2. The van der Waals surface area contributed by atoms with Gasteiger partial charge in [0.05, 0.1) is 16.7 Å². The molecular formula is C46H32N2S. The van der Waals surface area contributed by atoms with Crippen molar-refractivity contribution in [3.05, 3.63) is 170 Å². The van der Waals surface area contributed by atoms with Gasteiger partial charge in [-0.2, -0.15) is 0 Å².